The smallest absolute Gasteiger partial charge is 0.0546 e. The highest BCUT2D eigenvalue weighted by atomic mass is 15.1. The summed E-state index contributed by atoms with van der Waals surface area (Å²) in [6.07, 6.45) is 0. The molecule has 0 aliphatic heterocycles. The van der Waals surface area contributed by atoms with Crippen LogP contribution in [0, 0.1) is 0 Å². The van der Waals surface area contributed by atoms with E-state index in [2.05, 4.69) is 217 Å². The third-order valence-corrected chi connectivity index (χ3v) is 9.81. The van der Waals surface area contributed by atoms with E-state index in [-0.39, 0.29) is 0 Å². The zero-order valence-electron chi connectivity index (χ0n) is 28.2. The molecule has 9 aromatic rings. The maximum absolute atomic E-state index is 2.42. The van der Waals surface area contributed by atoms with Gasteiger partial charge in [-0.15, -0.1) is 0 Å². The van der Waals surface area contributed by atoms with Crippen LogP contribution in [0.5, 0.6) is 0 Å². The molecule has 9 rings (SSSR count). The third kappa shape index (κ3) is 5.75. The molecule has 0 aliphatic carbocycles. The maximum Gasteiger partial charge on any atom is 0.0546 e. The molecule has 0 saturated carbocycles. The Morgan fingerprint density at radius 3 is 1.37 bits per heavy atom. The first kappa shape index (κ1) is 30.4. The minimum Gasteiger partial charge on any atom is -0.310 e. The van der Waals surface area contributed by atoms with Gasteiger partial charge >= 0.3 is 0 Å². The summed E-state index contributed by atoms with van der Waals surface area (Å²) < 4.78 is 0. The molecule has 240 valence electrons. The Hall–Kier alpha value is -6.70. The molecular formula is C50H35N. The van der Waals surface area contributed by atoms with Crippen molar-refractivity contribution in [2.75, 3.05) is 4.90 Å². The minimum absolute atomic E-state index is 1.10. The summed E-state index contributed by atoms with van der Waals surface area (Å²) in [6.45, 7) is 0. The van der Waals surface area contributed by atoms with E-state index in [9.17, 15) is 0 Å². The lowest BCUT2D eigenvalue weighted by atomic mass is 9.84. The van der Waals surface area contributed by atoms with E-state index in [1.165, 1.54) is 60.5 Å². The van der Waals surface area contributed by atoms with Crippen molar-refractivity contribution in [3.63, 3.8) is 0 Å². The van der Waals surface area contributed by atoms with Crippen LogP contribution in [0.1, 0.15) is 0 Å². The summed E-state index contributed by atoms with van der Waals surface area (Å²) >= 11 is 0. The van der Waals surface area contributed by atoms with Gasteiger partial charge in [0, 0.05) is 16.8 Å². The van der Waals surface area contributed by atoms with E-state index < -0.39 is 0 Å². The van der Waals surface area contributed by atoms with Crippen LogP contribution in [-0.4, -0.2) is 0 Å². The van der Waals surface area contributed by atoms with Crippen molar-refractivity contribution in [3.8, 4) is 44.5 Å². The number of hydrogen-bond acceptors (Lipinski definition) is 1. The van der Waals surface area contributed by atoms with Crippen molar-refractivity contribution in [1.29, 1.82) is 0 Å². The quantitative estimate of drug-likeness (QED) is 0.155. The molecule has 0 fully saturated rings. The summed E-state index contributed by atoms with van der Waals surface area (Å²) in [7, 11) is 0. The van der Waals surface area contributed by atoms with Gasteiger partial charge in [0.2, 0.25) is 0 Å². The second-order valence-electron chi connectivity index (χ2n) is 12.9. The highest BCUT2D eigenvalue weighted by molar-refractivity contribution is 6.14. The molecule has 0 heterocycles. The minimum atomic E-state index is 1.10. The van der Waals surface area contributed by atoms with Gasteiger partial charge in [-0.2, -0.15) is 0 Å². The molecule has 0 aromatic heterocycles. The van der Waals surface area contributed by atoms with Crippen LogP contribution in [0.15, 0.2) is 212 Å². The van der Waals surface area contributed by atoms with Crippen molar-refractivity contribution in [2.24, 2.45) is 0 Å². The van der Waals surface area contributed by atoms with Gasteiger partial charge in [0.05, 0.1) is 5.69 Å². The molecule has 51 heavy (non-hydrogen) atoms. The molecule has 0 spiro atoms. The van der Waals surface area contributed by atoms with E-state index in [1.807, 2.05) is 0 Å². The maximum atomic E-state index is 2.42. The van der Waals surface area contributed by atoms with E-state index in [1.54, 1.807) is 0 Å². The van der Waals surface area contributed by atoms with Gasteiger partial charge < -0.3 is 4.90 Å². The van der Waals surface area contributed by atoms with Crippen molar-refractivity contribution >= 4 is 38.6 Å². The first-order chi connectivity index (χ1) is 25.3. The molecule has 1 nitrogen and oxygen atoms in total. The SMILES string of the molecule is c1ccc(-c2cc(-c3ccccc3)c(-c3cccc(N(c4ccccc4)c4cc5ccccc5c5ccccc45)c3)c(-c3ccccc3)c2)cc1. The van der Waals surface area contributed by atoms with Gasteiger partial charge in [0.15, 0.2) is 0 Å². The van der Waals surface area contributed by atoms with Gasteiger partial charge in [0.25, 0.3) is 0 Å². The molecular weight excluding hydrogens is 615 g/mol. The van der Waals surface area contributed by atoms with Gasteiger partial charge in [-0.05, 0) is 103 Å². The summed E-state index contributed by atoms with van der Waals surface area (Å²) in [5.74, 6) is 0. The van der Waals surface area contributed by atoms with Gasteiger partial charge in [-0.3, -0.25) is 0 Å². The third-order valence-electron chi connectivity index (χ3n) is 9.81. The Balaban J connectivity index is 1.32. The Morgan fingerprint density at radius 1 is 0.275 bits per heavy atom. The molecule has 0 N–H and O–H groups in total. The first-order valence-corrected chi connectivity index (χ1v) is 17.5. The molecule has 0 atom stereocenters. The van der Waals surface area contributed by atoms with Gasteiger partial charge in [-0.1, -0.05) is 170 Å². The fraction of sp³-hybridized carbons (Fsp3) is 0. The van der Waals surface area contributed by atoms with Crippen LogP contribution in [0.2, 0.25) is 0 Å². The molecule has 0 bridgehead atoms. The van der Waals surface area contributed by atoms with Crippen LogP contribution < -0.4 is 4.90 Å². The molecule has 1 heteroatoms. The zero-order valence-corrected chi connectivity index (χ0v) is 28.2. The Morgan fingerprint density at radius 2 is 0.745 bits per heavy atom. The number of benzene rings is 9. The standard InChI is InChI=1S/C50H35N/c1-5-18-36(19-6-1)41-33-47(37-20-7-2-8-21-37)50(48(34-41)38-22-9-3-10-23-38)40-25-17-28-43(32-40)51(42-26-11-4-12-27-42)49-35-39-24-13-14-29-44(39)45-30-15-16-31-46(45)49/h1-35H. The lowest BCUT2D eigenvalue weighted by Crippen LogP contribution is -2.10. The molecule has 0 radical (unpaired) electrons. The van der Waals surface area contributed by atoms with Gasteiger partial charge in [-0.25, -0.2) is 0 Å². The van der Waals surface area contributed by atoms with E-state index in [0.29, 0.717) is 0 Å². The van der Waals surface area contributed by atoms with Crippen LogP contribution in [0.4, 0.5) is 17.1 Å². The topological polar surface area (TPSA) is 3.24 Å². The lowest BCUT2D eigenvalue weighted by Gasteiger charge is -2.28. The summed E-state index contributed by atoms with van der Waals surface area (Å²) in [5, 5.41) is 4.94. The van der Waals surface area contributed by atoms with E-state index in [4.69, 9.17) is 0 Å². The predicted octanol–water partition coefficient (Wildman–Crippen LogP) is 14.1. The largest absolute Gasteiger partial charge is 0.310 e. The molecule has 0 unspecified atom stereocenters. The highest BCUT2D eigenvalue weighted by Gasteiger charge is 2.21. The van der Waals surface area contributed by atoms with Crippen molar-refractivity contribution in [1.82, 2.24) is 0 Å². The number of hydrogen-bond donors (Lipinski definition) is 0. The number of para-hydroxylation sites is 1. The average Bonchev–Trinajstić information content (AvgIpc) is 3.22. The number of rotatable bonds is 7. The van der Waals surface area contributed by atoms with Crippen molar-refractivity contribution in [3.05, 3.63) is 212 Å². The Bertz CT molecular complexity index is 2550. The Labute approximate surface area is 299 Å². The lowest BCUT2D eigenvalue weighted by molar-refractivity contribution is 1.30. The number of anilines is 3. The van der Waals surface area contributed by atoms with Gasteiger partial charge in [0.1, 0.15) is 0 Å². The number of fused-ring (bicyclic) bond motifs is 3. The predicted molar refractivity (Wildman–Crippen MR) is 218 cm³/mol. The number of nitrogens with zero attached hydrogens (tertiary/aromatic N) is 1. The molecule has 0 saturated heterocycles. The van der Waals surface area contributed by atoms with Crippen LogP contribution in [0.3, 0.4) is 0 Å². The normalized spacial score (nSPS) is 11.1. The fourth-order valence-electron chi connectivity index (χ4n) is 7.47. The molecule has 0 aliphatic rings. The fourth-order valence-corrected chi connectivity index (χ4v) is 7.47. The van der Waals surface area contributed by atoms with Crippen molar-refractivity contribution < 1.29 is 0 Å². The molecule has 0 amide bonds. The van der Waals surface area contributed by atoms with Crippen molar-refractivity contribution in [2.45, 2.75) is 0 Å². The van der Waals surface area contributed by atoms with E-state index >= 15 is 0 Å². The van der Waals surface area contributed by atoms with Crippen LogP contribution in [-0.2, 0) is 0 Å². The molecule has 9 aromatic carbocycles. The zero-order chi connectivity index (χ0) is 34.0. The Kier molecular flexibility index (Phi) is 7.92. The summed E-state index contributed by atoms with van der Waals surface area (Å²) in [4.78, 5) is 2.42. The van der Waals surface area contributed by atoms with Crippen LogP contribution in [0.25, 0.3) is 66.1 Å². The monoisotopic (exact) mass is 649 g/mol. The first-order valence-electron chi connectivity index (χ1n) is 17.5. The highest BCUT2D eigenvalue weighted by Crippen LogP contribution is 2.46. The summed E-state index contributed by atoms with van der Waals surface area (Å²) in [6, 6.07) is 76.7. The van der Waals surface area contributed by atoms with E-state index in [0.717, 1.165) is 22.6 Å². The average molecular weight is 650 g/mol. The second kappa shape index (κ2) is 13.3. The van der Waals surface area contributed by atoms with Crippen LogP contribution >= 0.6 is 0 Å². The second-order valence-corrected chi connectivity index (χ2v) is 12.9. The summed E-state index contributed by atoms with van der Waals surface area (Å²) in [5.41, 5.74) is 12.9.